The van der Waals surface area contributed by atoms with Gasteiger partial charge in [0.15, 0.2) is 0 Å². The Bertz CT molecular complexity index is 985. The van der Waals surface area contributed by atoms with Gasteiger partial charge in [0.25, 0.3) is 0 Å². The first-order chi connectivity index (χ1) is 15.4. The minimum atomic E-state index is -4.39. The van der Waals surface area contributed by atoms with Gasteiger partial charge in [0.2, 0.25) is 5.91 Å². The molecule has 1 aliphatic heterocycles. The quantitative estimate of drug-likeness (QED) is 0.690. The minimum Gasteiger partial charge on any atom is -0.444 e. The summed E-state index contributed by atoms with van der Waals surface area (Å²) in [6, 6.07) is 6.64. The number of hydrogen-bond acceptors (Lipinski definition) is 4. The normalized spacial score (nSPS) is 16.9. The molecule has 1 aromatic carbocycles. The molecule has 6 nitrogen and oxygen atoms in total. The van der Waals surface area contributed by atoms with Crippen molar-refractivity contribution in [3.05, 3.63) is 53.9 Å². The van der Waals surface area contributed by atoms with Crippen LogP contribution in [0, 0.1) is 5.92 Å². The fourth-order valence-electron chi connectivity index (χ4n) is 3.61. The molecule has 0 saturated carbocycles. The first-order valence-electron chi connectivity index (χ1n) is 10.8. The maximum absolute atomic E-state index is 12.8. The molecule has 0 radical (unpaired) electrons. The number of nitrogens with one attached hydrogen (secondary N) is 1. The summed E-state index contributed by atoms with van der Waals surface area (Å²) in [5, 5.41) is 2.88. The molecule has 3 rings (SSSR count). The molecule has 0 bridgehead atoms. The highest BCUT2D eigenvalue weighted by molar-refractivity contribution is 5.80. The molecule has 0 aliphatic carbocycles. The van der Waals surface area contributed by atoms with E-state index in [1.165, 1.54) is 12.1 Å². The molecule has 2 aromatic rings. The molecule has 9 heteroatoms. The molecule has 1 saturated heterocycles. The predicted molar refractivity (Wildman–Crippen MR) is 117 cm³/mol. The van der Waals surface area contributed by atoms with E-state index >= 15 is 0 Å². The van der Waals surface area contributed by atoms with Crippen molar-refractivity contribution in [2.45, 2.75) is 51.9 Å². The number of ether oxygens (including phenoxy) is 1. The number of carbonyl (C=O) groups is 2. The van der Waals surface area contributed by atoms with E-state index in [1.807, 2.05) is 0 Å². The van der Waals surface area contributed by atoms with Crippen molar-refractivity contribution in [2.75, 3.05) is 13.1 Å². The Kier molecular flexibility index (Phi) is 7.29. The molecule has 1 atom stereocenters. The number of amides is 2. The van der Waals surface area contributed by atoms with Crippen LogP contribution in [0.5, 0.6) is 0 Å². The second-order valence-corrected chi connectivity index (χ2v) is 9.14. The van der Waals surface area contributed by atoms with Crippen LogP contribution in [-0.2, 0) is 22.3 Å². The largest absolute Gasteiger partial charge is 0.444 e. The van der Waals surface area contributed by atoms with E-state index in [2.05, 4.69) is 10.3 Å². The number of alkyl halides is 3. The molecule has 33 heavy (non-hydrogen) atoms. The Labute approximate surface area is 191 Å². The number of piperidine rings is 1. The fraction of sp³-hybridized carbons (Fsp3) is 0.458. The maximum atomic E-state index is 12.8. The van der Waals surface area contributed by atoms with Crippen molar-refractivity contribution in [3.63, 3.8) is 0 Å². The third-order valence-corrected chi connectivity index (χ3v) is 5.25. The fourth-order valence-corrected chi connectivity index (χ4v) is 3.61. The minimum absolute atomic E-state index is 0.164. The summed E-state index contributed by atoms with van der Waals surface area (Å²) in [5.41, 5.74) is 0.668. The molecule has 178 valence electrons. The molecule has 1 fully saturated rings. The Morgan fingerprint density at radius 3 is 2.45 bits per heavy atom. The zero-order chi connectivity index (χ0) is 24.2. The standard InChI is InChI=1S/C24H28F3N3O3/c1-23(2,3)33-22(32)30-10-4-5-18(15-30)21(31)29-13-16-11-19(14-28-12-16)17-6-8-20(9-7-17)24(25,26)27/h6-9,11-12,14,18H,4-5,10,13,15H2,1-3H3,(H,29,31)/t18-/m0/s1. The first-order valence-corrected chi connectivity index (χ1v) is 10.8. The Hall–Kier alpha value is -3.10. The molecule has 2 heterocycles. The van der Waals surface area contributed by atoms with Crippen molar-refractivity contribution in [1.29, 1.82) is 0 Å². The van der Waals surface area contributed by atoms with Crippen LogP contribution < -0.4 is 5.32 Å². The van der Waals surface area contributed by atoms with Gasteiger partial charge >= 0.3 is 12.3 Å². The van der Waals surface area contributed by atoms with Crippen LogP contribution in [0.3, 0.4) is 0 Å². The van der Waals surface area contributed by atoms with Crippen LogP contribution in [0.1, 0.15) is 44.7 Å². The summed E-state index contributed by atoms with van der Waals surface area (Å²) in [6.45, 7) is 6.47. The number of likely N-dealkylation sites (tertiary alicyclic amines) is 1. The van der Waals surface area contributed by atoms with Crippen LogP contribution >= 0.6 is 0 Å². The van der Waals surface area contributed by atoms with Crippen LogP contribution in [0.4, 0.5) is 18.0 Å². The summed E-state index contributed by atoms with van der Waals surface area (Å²) in [6.07, 6.45) is -0.262. The topological polar surface area (TPSA) is 71.5 Å². The average Bonchev–Trinajstić information content (AvgIpc) is 2.76. The van der Waals surface area contributed by atoms with E-state index in [9.17, 15) is 22.8 Å². The van der Waals surface area contributed by atoms with Crippen LogP contribution in [-0.4, -0.2) is 40.6 Å². The van der Waals surface area contributed by atoms with E-state index in [1.54, 1.807) is 44.1 Å². The van der Waals surface area contributed by atoms with Crippen molar-refractivity contribution in [1.82, 2.24) is 15.2 Å². The monoisotopic (exact) mass is 463 g/mol. The van der Waals surface area contributed by atoms with Gasteiger partial charge in [-0.15, -0.1) is 0 Å². The van der Waals surface area contributed by atoms with Crippen molar-refractivity contribution >= 4 is 12.0 Å². The average molecular weight is 464 g/mol. The Morgan fingerprint density at radius 1 is 1.12 bits per heavy atom. The van der Waals surface area contributed by atoms with Gasteiger partial charge in [-0.2, -0.15) is 13.2 Å². The van der Waals surface area contributed by atoms with Gasteiger partial charge in [0, 0.05) is 37.6 Å². The van der Waals surface area contributed by atoms with Crippen LogP contribution in [0.2, 0.25) is 0 Å². The number of carbonyl (C=O) groups excluding carboxylic acids is 2. The predicted octanol–water partition coefficient (Wildman–Crippen LogP) is 5.03. The SMILES string of the molecule is CC(C)(C)OC(=O)N1CCC[C@H](C(=O)NCc2cncc(-c3ccc(C(F)(F)F)cc3)c2)C1. The lowest BCUT2D eigenvalue weighted by atomic mass is 9.97. The molecule has 0 spiro atoms. The molecule has 1 N–H and O–H groups in total. The zero-order valence-electron chi connectivity index (χ0n) is 18.9. The highest BCUT2D eigenvalue weighted by Gasteiger charge is 2.31. The van der Waals surface area contributed by atoms with E-state index in [4.69, 9.17) is 4.74 Å². The number of nitrogens with zero attached hydrogens (tertiary/aromatic N) is 2. The lowest BCUT2D eigenvalue weighted by Gasteiger charge is -2.33. The van der Waals surface area contributed by atoms with Gasteiger partial charge in [-0.1, -0.05) is 12.1 Å². The smallest absolute Gasteiger partial charge is 0.416 e. The Morgan fingerprint density at radius 2 is 1.82 bits per heavy atom. The van der Waals surface area contributed by atoms with E-state index in [0.717, 1.165) is 17.7 Å². The molecule has 0 unspecified atom stereocenters. The second-order valence-electron chi connectivity index (χ2n) is 9.14. The first kappa shape index (κ1) is 24.5. The van der Waals surface area contributed by atoms with E-state index < -0.39 is 23.4 Å². The lowest BCUT2D eigenvalue weighted by molar-refractivity contribution is -0.137. The number of halogens is 3. The van der Waals surface area contributed by atoms with Gasteiger partial charge in [-0.05, 0) is 62.9 Å². The van der Waals surface area contributed by atoms with Gasteiger partial charge in [-0.3, -0.25) is 9.78 Å². The summed E-state index contributed by atoms with van der Waals surface area (Å²) < 4.78 is 43.7. The van der Waals surface area contributed by atoms with E-state index in [-0.39, 0.29) is 18.4 Å². The molecule has 1 aliphatic rings. The number of rotatable bonds is 4. The van der Waals surface area contributed by atoms with E-state index in [0.29, 0.717) is 37.1 Å². The third kappa shape index (κ3) is 6.94. The number of benzene rings is 1. The summed E-state index contributed by atoms with van der Waals surface area (Å²) in [4.78, 5) is 30.7. The number of pyridine rings is 1. The van der Waals surface area contributed by atoms with Crippen molar-refractivity contribution in [2.24, 2.45) is 5.92 Å². The summed E-state index contributed by atoms with van der Waals surface area (Å²) in [5.74, 6) is -0.500. The number of hydrogen-bond donors (Lipinski definition) is 1. The van der Waals surface area contributed by atoms with Gasteiger partial charge < -0.3 is 15.0 Å². The number of aromatic nitrogens is 1. The van der Waals surface area contributed by atoms with Crippen molar-refractivity contribution < 1.29 is 27.5 Å². The van der Waals surface area contributed by atoms with Crippen LogP contribution in [0.25, 0.3) is 11.1 Å². The molecule has 1 aromatic heterocycles. The highest BCUT2D eigenvalue weighted by atomic mass is 19.4. The van der Waals surface area contributed by atoms with Gasteiger partial charge in [-0.25, -0.2) is 4.79 Å². The Balaban J connectivity index is 1.59. The molecule has 2 amide bonds. The van der Waals surface area contributed by atoms with Crippen molar-refractivity contribution in [3.8, 4) is 11.1 Å². The third-order valence-electron chi connectivity index (χ3n) is 5.25. The lowest BCUT2D eigenvalue weighted by Crippen LogP contribution is -2.46. The van der Waals surface area contributed by atoms with Crippen LogP contribution in [0.15, 0.2) is 42.7 Å². The maximum Gasteiger partial charge on any atom is 0.416 e. The molecular weight excluding hydrogens is 435 g/mol. The zero-order valence-corrected chi connectivity index (χ0v) is 18.9. The second kappa shape index (κ2) is 9.80. The van der Waals surface area contributed by atoms with Gasteiger partial charge in [0.05, 0.1) is 11.5 Å². The molecular formula is C24H28F3N3O3. The van der Waals surface area contributed by atoms with Gasteiger partial charge in [0.1, 0.15) is 5.60 Å². The highest BCUT2D eigenvalue weighted by Crippen LogP contribution is 2.31. The summed E-state index contributed by atoms with van der Waals surface area (Å²) in [7, 11) is 0. The summed E-state index contributed by atoms with van der Waals surface area (Å²) >= 11 is 0.